The standard InChI is InChI=1S/C7H6F5N5O/c1-3-4(18)14-5(17-15-3)16-13-2-6(8,9)7(10,11)12/h2H,1H3,(H2,14,16,17,18)/b13-2-. The van der Waals surface area contributed by atoms with E-state index in [0.717, 1.165) is 0 Å². The second-order valence-corrected chi connectivity index (χ2v) is 3.08. The van der Waals surface area contributed by atoms with Crippen LogP contribution in [0.5, 0.6) is 0 Å². The third kappa shape index (κ3) is 3.21. The lowest BCUT2D eigenvalue weighted by Crippen LogP contribution is -2.38. The molecule has 0 fully saturated rings. The average Bonchev–Trinajstić information content (AvgIpc) is 2.21. The van der Waals surface area contributed by atoms with Gasteiger partial charge >= 0.3 is 12.1 Å². The van der Waals surface area contributed by atoms with Crippen molar-refractivity contribution >= 4 is 12.2 Å². The van der Waals surface area contributed by atoms with Gasteiger partial charge in [-0.1, -0.05) is 0 Å². The largest absolute Gasteiger partial charge is 0.459 e. The normalized spacial score (nSPS) is 13.0. The number of hydrazone groups is 1. The SMILES string of the molecule is Cc1nnc(N/N=C\C(F)(F)C(F)(F)F)[nH]c1=O. The van der Waals surface area contributed by atoms with Gasteiger partial charge in [-0.2, -0.15) is 27.1 Å². The molecule has 2 N–H and O–H groups in total. The fraction of sp³-hybridized carbons (Fsp3) is 0.429. The first-order chi connectivity index (χ1) is 8.13. The molecule has 18 heavy (non-hydrogen) atoms. The maximum absolute atomic E-state index is 12.4. The van der Waals surface area contributed by atoms with Crippen molar-refractivity contribution in [2.75, 3.05) is 5.43 Å². The van der Waals surface area contributed by atoms with E-state index in [1.54, 1.807) is 5.43 Å². The molecule has 0 amide bonds. The first kappa shape index (κ1) is 14.0. The van der Waals surface area contributed by atoms with Crippen LogP contribution in [0.1, 0.15) is 5.69 Å². The lowest BCUT2D eigenvalue weighted by molar-refractivity contribution is -0.247. The summed E-state index contributed by atoms with van der Waals surface area (Å²) in [5.41, 5.74) is 1.03. The smallest absolute Gasteiger partial charge is 0.288 e. The number of hydrogen-bond acceptors (Lipinski definition) is 5. The quantitative estimate of drug-likeness (QED) is 0.489. The number of alkyl halides is 5. The summed E-state index contributed by atoms with van der Waals surface area (Å²) in [6, 6.07) is 0. The van der Waals surface area contributed by atoms with Crippen LogP contribution in [0.2, 0.25) is 0 Å². The van der Waals surface area contributed by atoms with E-state index in [9.17, 15) is 26.7 Å². The molecule has 0 aliphatic heterocycles. The highest BCUT2D eigenvalue weighted by Gasteiger charge is 2.56. The Morgan fingerprint density at radius 3 is 2.39 bits per heavy atom. The molecule has 1 rings (SSSR count). The van der Waals surface area contributed by atoms with Crippen molar-refractivity contribution in [3.05, 3.63) is 16.0 Å². The molecule has 0 saturated heterocycles. The Hall–Kier alpha value is -2.07. The van der Waals surface area contributed by atoms with E-state index in [1.807, 2.05) is 4.98 Å². The number of anilines is 1. The van der Waals surface area contributed by atoms with Crippen LogP contribution in [0, 0.1) is 6.92 Å². The monoisotopic (exact) mass is 271 g/mol. The molecule has 1 heterocycles. The fourth-order valence-electron chi connectivity index (χ4n) is 0.691. The first-order valence-electron chi connectivity index (χ1n) is 4.32. The van der Waals surface area contributed by atoms with Gasteiger partial charge in [0.05, 0.1) is 0 Å². The fourth-order valence-corrected chi connectivity index (χ4v) is 0.691. The van der Waals surface area contributed by atoms with Crippen molar-refractivity contribution in [3.8, 4) is 0 Å². The van der Waals surface area contributed by atoms with Crippen LogP contribution in [-0.2, 0) is 0 Å². The van der Waals surface area contributed by atoms with E-state index in [0.29, 0.717) is 0 Å². The Bertz CT molecular complexity index is 508. The van der Waals surface area contributed by atoms with Crippen molar-refractivity contribution in [3.63, 3.8) is 0 Å². The van der Waals surface area contributed by atoms with Gasteiger partial charge in [-0.25, -0.2) is 5.43 Å². The predicted molar refractivity (Wildman–Crippen MR) is 50.5 cm³/mol. The van der Waals surface area contributed by atoms with Gasteiger partial charge < -0.3 is 0 Å². The topological polar surface area (TPSA) is 83.0 Å². The molecule has 0 bridgehead atoms. The minimum atomic E-state index is -5.75. The van der Waals surface area contributed by atoms with E-state index in [4.69, 9.17) is 0 Å². The van der Waals surface area contributed by atoms with Gasteiger partial charge in [0.25, 0.3) is 5.56 Å². The molecule has 1 aromatic heterocycles. The van der Waals surface area contributed by atoms with Crippen molar-refractivity contribution in [2.24, 2.45) is 5.10 Å². The van der Waals surface area contributed by atoms with Crippen molar-refractivity contribution < 1.29 is 22.0 Å². The second kappa shape index (κ2) is 4.66. The first-order valence-corrected chi connectivity index (χ1v) is 4.32. The van der Waals surface area contributed by atoms with Gasteiger partial charge in [-0.05, 0) is 6.92 Å². The highest BCUT2D eigenvalue weighted by Crippen LogP contribution is 2.33. The van der Waals surface area contributed by atoms with Crippen molar-refractivity contribution in [1.82, 2.24) is 15.2 Å². The summed E-state index contributed by atoms with van der Waals surface area (Å²) in [6.45, 7) is 1.33. The van der Waals surface area contributed by atoms with E-state index in [2.05, 4.69) is 15.3 Å². The summed E-state index contributed by atoms with van der Waals surface area (Å²) in [5, 5.41) is 9.20. The number of nitrogens with zero attached hydrogens (tertiary/aromatic N) is 3. The summed E-state index contributed by atoms with van der Waals surface area (Å²) >= 11 is 0. The Morgan fingerprint density at radius 1 is 1.28 bits per heavy atom. The van der Waals surface area contributed by atoms with E-state index in [-0.39, 0.29) is 5.69 Å². The Morgan fingerprint density at radius 2 is 1.89 bits per heavy atom. The molecule has 0 radical (unpaired) electrons. The summed E-state index contributed by atoms with van der Waals surface area (Å²) in [4.78, 5) is 13.0. The molecule has 11 heteroatoms. The number of halogens is 5. The number of H-pyrrole nitrogens is 1. The number of nitrogens with one attached hydrogen (secondary N) is 2. The van der Waals surface area contributed by atoms with Crippen LogP contribution in [0.15, 0.2) is 9.90 Å². The van der Waals surface area contributed by atoms with Gasteiger partial charge in [0.1, 0.15) is 11.9 Å². The molecule has 0 aliphatic carbocycles. The summed E-state index contributed by atoms with van der Waals surface area (Å²) in [6.07, 6.45) is -6.39. The minimum Gasteiger partial charge on any atom is -0.288 e. The number of aryl methyl sites for hydroxylation is 1. The molecular formula is C7H6F5N5O. The van der Waals surface area contributed by atoms with E-state index in [1.165, 1.54) is 6.92 Å². The van der Waals surface area contributed by atoms with Crippen LogP contribution in [0.25, 0.3) is 0 Å². The molecule has 0 atom stereocenters. The number of rotatable bonds is 3. The zero-order valence-corrected chi connectivity index (χ0v) is 8.72. The van der Waals surface area contributed by atoms with Gasteiger partial charge in [0.2, 0.25) is 5.95 Å². The third-order valence-corrected chi connectivity index (χ3v) is 1.64. The van der Waals surface area contributed by atoms with Crippen LogP contribution >= 0.6 is 0 Å². The molecule has 0 aliphatic rings. The maximum atomic E-state index is 12.4. The molecule has 0 aromatic carbocycles. The Balaban J connectivity index is 2.76. The van der Waals surface area contributed by atoms with Crippen molar-refractivity contribution in [2.45, 2.75) is 19.0 Å². The number of aromatic nitrogens is 3. The average molecular weight is 271 g/mol. The third-order valence-electron chi connectivity index (χ3n) is 1.64. The lowest BCUT2D eigenvalue weighted by atomic mass is 10.4. The zero-order chi connectivity index (χ0) is 14.0. The molecule has 100 valence electrons. The second-order valence-electron chi connectivity index (χ2n) is 3.08. The van der Waals surface area contributed by atoms with Gasteiger partial charge in [-0.3, -0.25) is 9.78 Å². The van der Waals surface area contributed by atoms with Gasteiger partial charge in [0.15, 0.2) is 0 Å². The van der Waals surface area contributed by atoms with Crippen LogP contribution in [0.4, 0.5) is 27.9 Å². The number of aromatic amines is 1. The van der Waals surface area contributed by atoms with E-state index >= 15 is 0 Å². The zero-order valence-electron chi connectivity index (χ0n) is 8.72. The molecule has 0 spiro atoms. The lowest BCUT2D eigenvalue weighted by Gasteiger charge is -2.14. The summed E-state index contributed by atoms with van der Waals surface area (Å²) in [7, 11) is 0. The molecule has 0 unspecified atom stereocenters. The Labute approximate surface area is 95.9 Å². The Kier molecular flexibility index (Phi) is 3.62. The van der Waals surface area contributed by atoms with Gasteiger partial charge in [-0.15, -0.1) is 10.2 Å². The maximum Gasteiger partial charge on any atom is 0.459 e. The van der Waals surface area contributed by atoms with Crippen molar-refractivity contribution in [1.29, 1.82) is 0 Å². The van der Waals surface area contributed by atoms with Gasteiger partial charge in [0, 0.05) is 0 Å². The highest BCUT2D eigenvalue weighted by atomic mass is 19.4. The van der Waals surface area contributed by atoms with Crippen LogP contribution in [-0.4, -0.2) is 33.5 Å². The highest BCUT2D eigenvalue weighted by molar-refractivity contribution is 5.68. The molecule has 0 saturated carbocycles. The molecule has 1 aromatic rings. The van der Waals surface area contributed by atoms with Crippen LogP contribution < -0.4 is 11.0 Å². The molecular weight excluding hydrogens is 265 g/mol. The minimum absolute atomic E-state index is 0.00477. The molecule has 6 nitrogen and oxygen atoms in total. The van der Waals surface area contributed by atoms with E-state index < -0.39 is 29.8 Å². The predicted octanol–water partition coefficient (Wildman–Crippen LogP) is 1.07. The number of hydrogen-bond donors (Lipinski definition) is 2. The van der Waals surface area contributed by atoms with Crippen LogP contribution in [0.3, 0.4) is 0 Å². The summed E-state index contributed by atoms with van der Waals surface area (Å²) < 4.78 is 59.9. The summed E-state index contributed by atoms with van der Waals surface area (Å²) in [5.74, 6) is -5.54.